The number of benzene rings is 2. The molecule has 1 aromatic heterocycles. The predicted octanol–water partition coefficient (Wildman–Crippen LogP) is 4.83. The third-order valence-corrected chi connectivity index (χ3v) is 4.65. The topological polar surface area (TPSA) is 71.2 Å². The second-order valence-electron chi connectivity index (χ2n) is 6.13. The van der Waals surface area contributed by atoms with Gasteiger partial charge in [0.15, 0.2) is 0 Å². The lowest BCUT2D eigenvalue weighted by atomic mass is 9.98. The van der Waals surface area contributed by atoms with Crippen LogP contribution in [0.15, 0.2) is 36.5 Å². The molecule has 3 rings (SSSR count). The molecule has 7 heteroatoms. The Morgan fingerprint density at radius 3 is 2.48 bits per heavy atom. The summed E-state index contributed by atoms with van der Waals surface area (Å²) in [7, 11) is 0. The standard InChI is InChI=1S/C18H17Cl2N3O2/c1-10(2)12-6-13(18(25)7-17(12)24)16-9-23(22-21-16)8-11-3-4-14(19)15(20)5-11/h3-7,9-10,24-25H,8H2,1-2H3. The summed E-state index contributed by atoms with van der Waals surface area (Å²) < 4.78 is 1.65. The first-order valence-corrected chi connectivity index (χ1v) is 8.51. The highest BCUT2D eigenvalue weighted by Gasteiger charge is 2.15. The summed E-state index contributed by atoms with van der Waals surface area (Å²) in [4.78, 5) is 0. The maximum Gasteiger partial charge on any atom is 0.128 e. The van der Waals surface area contributed by atoms with Gasteiger partial charge < -0.3 is 10.2 Å². The van der Waals surface area contributed by atoms with Crippen LogP contribution in [-0.2, 0) is 6.54 Å². The first kappa shape index (κ1) is 17.6. The molecule has 130 valence electrons. The second kappa shape index (κ2) is 6.94. The molecule has 3 aromatic rings. The number of phenols is 2. The van der Waals surface area contributed by atoms with Crippen molar-refractivity contribution in [1.29, 1.82) is 0 Å². The van der Waals surface area contributed by atoms with Crippen LogP contribution in [0.25, 0.3) is 11.3 Å². The molecule has 0 fully saturated rings. The van der Waals surface area contributed by atoms with Gasteiger partial charge in [0, 0.05) is 11.6 Å². The van der Waals surface area contributed by atoms with Crippen molar-refractivity contribution < 1.29 is 10.2 Å². The average Bonchev–Trinajstić information content (AvgIpc) is 2.99. The lowest BCUT2D eigenvalue weighted by Gasteiger charge is -2.11. The monoisotopic (exact) mass is 377 g/mol. The van der Waals surface area contributed by atoms with Crippen LogP contribution in [0.5, 0.6) is 11.5 Å². The molecule has 25 heavy (non-hydrogen) atoms. The van der Waals surface area contributed by atoms with E-state index in [4.69, 9.17) is 23.2 Å². The molecule has 5 nitrogen and oxygen atoms in total. The number of hydrogen-bond acceptors (Lipinski definition) is 4. The number of halogens is 2. The van der Waals surface area contributed by atoms with Crippen molar-refractivity contribution in [3.8, 4) is 22.8 Å². The van der Waals surface area contributed by atoms with E-state index in [1.54, 1.807) is 29.1 Å². The maximum absolute atomic E-state index is 10.1. The third kappa shape index (κ3) is 3.72. The number of aromatic hydroxyl groups is 2. The molecule has 0 saturated carbocycles. The summed E-state index contributed by atoms with van der Waals surface area (Å²) in [5.41, 5.74) is 2.73. The van der Waals surface area contributed by atoms with Crippen LogP contribution < -0.4 is 0 Å². The van der Waals surface area contributed by atoms with Gasteiger partial charge in [-0.3, -0.25) is 0 Å². The van der Waals surface area contributed by atoms with Crippen molar-refractivity contribution in [2.24, 2.45) is 0 Å². The zero-order valence-corrected chi connectivity index (χ0v) is 15.3. The van der Waals surface area contributed by atoms with E-state index >= 15 is 0 Å². The highest BCUT2D eigenvalue weighted by Crippen LogP contribution is 2.37. The first-order valence-electron chi connectivity index (χ1n) is 7.75. The Kier molecular flexibility index (Phi) is 4.88. The van der Waals surface area contributed by atoms with Gasteiger partial charge in [-0.1, -0.05) is 48.3 Å². The van der Waals surface area contributed by atoms with Crippen molar-refractivity contribution in [2.45, 2.75) is 26.3 Å². The average molecular weight is 378 g/mol. The molecule has 1 heterocycles. The number of aromatic nitrogens is 3. The van der Waals surface area contributed by atoms with Crippen LogP contribution in [0.4, 0.5) is 0 Å². The van der Waals surface area contributed by atoms with Crippen molar-refractivity contribution in [3.05, 3.63) is 57.7 Å². The molecule has 0 aliphatic heterocycles. The summed E-state index contributed by atoms with van der Waals surface area (Å²) >= 11 is 12.0. The van der Waals surface area contributed by atoms with Gasteiger partial charge in [-0.2, -0.15) is 0 Å². The van der Waals surface area contributed by atoms with Gasteiger partial charge in [0.1, 0.15) is 17.2 Å². The molecular weight excluding hydrogens is 361 g/mol. The van der Waals surface area contributed by atoms with E-state index < -0.39 is 0 Å². The highest BCUT2D eigenvalue weighted by atomic mass is 35.5. The van der Waals surface area contributed by atoms with Crippen molar-refractivity contribution in [1.82, 2.24) is 15.0 Å². The molecule has 0 aliphatic carbocycles. The highest BCUT2D eigenvalue weighted by molar-refractivity contribution is 6.42. The van der Waals surface area contributed by atoms with Gasteiger partial charge in [0.05, 0.1) is 22.8 Å². The van der Waals surface area contributed by atoms with Gasteiger partial charge in [-0.15, -0.1) is 5.10 Å². The molecular formula is C18H17Cl2N3O2. The van der Waals surface area contributed by atoms with Crippen LogP contribution >= 0.6 is 23.2 Å². The summed E-state index contributed by atoms with van der Waals surface area (Å²) in [6, 6.07) is 8.45. The minimum absolute atomic E-state index is 0.0384. The molecule has 2 N–H and O–H groups in total. The Morgan fingerprint density at radius 1 is 1.04 bits per heavy atom. The normalized spacial score (nSPS) is 11.2. The van der Waals surface area contributed by atoms with Crippen LogP contribution in [0.3, 0.4) is 0 Å². The zero-order chi connectivity index (χ0) is 18.1. The largest absolute Gasteiger partial charge is 0.508 e. The summed E-state index contributed by atoms with van der Waals surface area (Å²) in [5, 5.41) is 29.3. The smallest absolute Gasteiger partial charge is 0.128 e. The predicted molar refractivity (Wildman–Crippen MR) is 98.4 cm³/mol. The minimum atomic E-state index is -0.0384. The number of hydrogen-bond donors (Lipinski definition) is 2. The van der Waals surface area contributed by atoms with Crippen LogP contribution in [0.1, 0.15) is 30.9 Å². The van der Waals surface area contributed by atoms with Crippen molar-refractivity contribution in [3.63, 3.8) is 0 Å². The summed E-state index contributed by atoms with van der Waals surface area (Å²) in [6.45, 7) is 4.41. The Bertz CT molecular complexity index is 923. The molecule has 0 saturated heterocycles. The van der Waals surface area contributed by atoms with E-state index in [2.05, 4.69) is 10.3 Å². The van der Waals surface area contributed by atoms with Gasteiger partial charge in [-0.05, 0) is 35.2 Å². The Hall–Kier alpha value is -2.24. The third-order valence-electron chi connectivity index (χ3n) is 3.91. The molecule has 0 radical (unpaired) electrons. The summed E-state index contributed by atoms with van der Waals surface area (Å²) in [5.74, 6) is 0.147. The van der Waals surface area contributed by atoms with Gasteiger partial charge in [0.2, 0.25) is 0 Å². The SMILES string of the molecule is CC(C)c1cc(-c2cn(Cc3ccc(Cl)c(Cl)c3)nn2)c(O)cc1O. The molecule has 0 unspecified atom stereocenters. The minimum Gasteiger partial charge on any atom is -0.508 e. The molecule has 0 aliphatic rings. The fraction of sp³-hybridized carbons (Fsp3) is 0.222. The quantitative estimate of drug-likeness (QED) is 0.682. The van der Waals surface area contributed by atoms with E-state index in [9.17, 15) is 10.2 Å². The van der Waals surface area contributed by atoms with Crippen LogP contribution in [0, 0.1) is 0 Å². The van der Waals surface area contributed by atoms with E-state index in [-0.39, 0.29) is 17.4 Å². The first-order chi connectivity index (χ1) is 11.8. The van der Waals surface area contributed by atoms with Gasteiger partial charge >= 0.3 is 0 Å². The van der Waals surface area contributed by atoms with E-state index in [1.165, 1.54) is 6.07 Å². The van der Waals surface area contributed by atoms with E-state index in [0.29, 0.717) is 27.8 Å². The second-order valence-corrected chi connectivity index (χ2v) is 6.95. The lowest BCUT2D eigenvalue weighted by molar-refractivity contribution is 0.445. The Labute approximate surface area is 155 Å². The Morgan fingerprint density at radius 2 is 1.80 bits per heavy atom. The zero-order valence-electron chi connectivity index (χ0n) is 13.7. The number of phenolic OH excluding ortho intramolecular Hbond substituents is 2. The van der Waals surface area contributed by atoms with Gasteiger partial charge in [0.25, 0.3) is 0 Å². The molecule has 0 atom stereocenters. The van der Waals surface area contributed by atoms with Crippen LogP contribution in [0.2, 0.25) is 10.0 Å². The fourth-order valence-electron chi connectivity index (χ4n) is 2.59. The van der Waals surface area contributed by atoms with Crippen molar-refractivity contribution >= 4 is 23.2 Å². The van der Waals surface area contributed by atoms with E-state index in [1.807, 2.05) is 19.9 Å². The molecule has 0 bridgehead atoms. The lowest BCUT2D eigenvalue weighted by Crippen LogP contribution is -2.00. The Balaban J connectivity index is 1.91. The fourth-order valence-corrected chi connectivity index (χ4v) is 2.91. The van der Waals surface area contributed by atoms with Crippen LogP contribution in [-0.4, -0.2) is 25.2 Å². The molecule has 0 amide bonds. The van der Waals surface area contributed by atoms with E-state index in [0.717, 1.165) is 11.1 Å². The van der Waals surface area contributed by atoms with Crippen molar-refractivity contribution in [2.75, 3.05) is 0 Å². The molecule has 0 spiro atoms. The maximum atomic E-state index is 10.1. The van der Waals surface area contributed by atoms with Gasteiger partial charge in [-0.25, -0.2) is 4.68 Å². The summed E-state index contributed by atoms with van der Waals surface area (Å²) in [6.07, 6.45) is 1.73. The molecule has 2 aromatic carbocycles. The number of rotatable bonds is 4. The number of nitrogens with zero attached hydrogens (tertiary/aromatic N) is 3.